The molecular formula is C9H20Br2N2O4. The fourth-order valence-electron chi connectivity index (χ4n) is 0.553. The molecule has 0 heterocycles. The maximum atomic E-state index is 9.92. The Balaban J connectivity index is -0.000000224. The molecular weight excluding hydrogens is 360 g/mol. The number of aliphatic hydroxyl groups is 2. The lowest BCUT2D eigenvalue weighted by molar-refractivity contribution is -0.864. The molecule has 2 N–H and O–H groups in total. The quantitative estimate of drug-likeness (QED) is 0.135. The smallest absolute Gasteiger partial charge is 0.319 e. The molecule has 0 aromatic carbocycles. The molecule has 0 spiro atoms. The van der Waals surface area contributed by atoms with Gasteiger partial charge in [-0.3, -0.25) is 10.1 Å². The van der Waals surface area contributed by atoms with Gasteiger partial charge >= 0.3 is 4.45 Å². The number of nitrogens with zero attached hydrogens (tertiary/aromatic N) is 2. The third kappa shape index (κ3) is 12.2. The van der Waals surface area contributed by atoms with Crippen LogP contribution in [0.5, 0.6) is 0 Å². The molecule has 0 amide bonds. The van der Waals surface area contributed by atoms with Crippen molar-refractivity contribution in [1.29, 1.82) is 0 Å². The summed E-state index contributed by atoms with van der Waals surface area (Å²) in [5, 5.41) is 26.5. The molecule has 0 aliphatic rings. The van der Waals surface area contributed by atoms with Crippen LogP contribution >= 0.6 is 15.9 Å². The minimum Gasteiger partial charge on any atom is -1.00 e. The number of rotatable bonds is 5. The van der Waals surface area contributed by atoms with E-state index < -0.39 is 22.6 Å². The standard InChI is InChI=1S/C6H14N.C3H6BrNO4.BrH/c1-5-6-7(2,3)4;4-3(1-6,2-7)5(8)9;/h5H,1,6H2,2-4H3;6-7H,1-2H2;1H/q+1;;/p-1. The SMILES string of the molecule is C=CC[N+](C)(C)C.O=[N+]([O-])C(Br)(CO)CO.[Br-]. The van der Waals surface area contributed by atoms with Gasteiger partial charge in [0.05, 0.1) is 27.7 Å². The zero-order chi connectivity index (χ0) is 13.4. The fourth-order valence-corrected chi connectivity index (χ4v) is 0.553. The van der Waals surface area contributed by atoms with E-state index in [9.17, 15) is 10.1 Å². The van der Waals surface area contributed by atoms with Gasteiger partial charge in [0, 0.05) is 20.9 Å². The van der Waals surface area contributed by atoms with E-state index >= 15 is 0 Å². The van der Waals surface area contributed by atoms with Crippen molar-refractivity contribution in [2.45, 2.75) is 4.45 Å². The van der Waals surface area contributed by atoms with Crippen LogP contribution in [-0.2, 0) is 0 Å². The van der Waals surface area contributed by atoms with E-state index in [1.54, 1.807) is 0 Å². The summed E-state index contributed by atoms with van der Waals surface area (Å²) in [6, 6.07) is 0. The van der Waals surface area contributed by atoms with Crippen LogP contribution in [0.4, 0.5) is 0 Å². The molecule has 0 unspecified atom stereocenters. The Bertz CT molecular complexity index is 228. The predicted molar refractivity (Wildman–Crippen MR) is 65.9 cm³/mol. The Labute approximate surface area is 121 Å². The highest BCUT2D eigenvalue weighted by atomic mass is 79.9. The van der Waals surface area contributed by atoms with Crippen LogP contribution in [0.3, 0.4) is 0 Å². The maximum absolute atomic E-state index is 9.92. The summed E-state index contributed by atoms with van der Waals surface area (Å²) in [4.78, 5) is 9.14. The van der Waals surface area contributed by atoms with E-state index in [-0.39, 0.29) is 17.0 Å². The van der Waals surface area contributed by atoms with Gasteiger partial charge in [0.1, 0.15) is 13.2 Å². The van der Waals surface area contributed by atoms with E-state index in [2.05, 4.69) is 43.7 Å². The van der Waals surface area contributed by atoms with Crippen molar-refractivity contribution in [3.63, 3.8) is 0 Å². The predicted octanol–water partition coefficient (Wildman–Crippen LogP) is -2.78. The lowest BCUT2D eigenvalue weighted by Gasteiger charge is -2.21. The van der Waals surface area contributed by atoms with Crippen LogP contribution in [0.1, 0.15) is 0 Å². The summed E-state index contributed by atoms with van der Waals surface area (Å²) in [6.07, 6.45) is 1.93. The molecule has 0 saturated heterocycles. The van der Waals surface area contributed by atoms with E-state index in [0.29, 0.717) is 0 Å². The zero-order valence-corrected chi connectivity index (χ0v) is 13.4. The largest absolute Gasteiger partial charge is 1.00 e. The summed E-state index contributed by atoms with van der Waals surface area (Å²) in [5.74, 6) is 0. The van der Waals surface area contributed by atoms with Gasteiger partial charge in [-0.15, -0.1) is 0 Å². The average Bonchev–Trinajstić information content (AvgIpc) is 2.15. The van der Waals surface area contributed by atoms with Crippen molar-refractivity contribution in [2.75, 3.05) is 40.9 Å². The molecule has 0 aromatic heterocycles. The molecule has 104 valence electrons. The van der Waals surface area contributed by atoms with E-state index in [1.165, 1.54) is 0 Å². The Morgan fingerprint density at radius 3 is 1.76 bits per heavy atom. The lowest BCUT2D eigenvalue weighted by atomic mass is 10.4. The van der Waals surface area contributed by atoms with Crippen molar-refractivity contribution in [3.8, 4) is 0 Å². The minimum atomic E-state index is -1.77. The number of hydrogen-bond acceptors (Lipinski definition) is 4. The molecule has 0 rings (SSSR count). The fraction of sp³-hybridized carbons (Fsp3) is 0.778. The monoisotopic (exact) mass is 378 g/mol. The Morgan fingerprint density at radius 1 is 1.41 bits per heavy atom. The van der Waals surface area contributed by atoms with Crippen molar-refractivity contribution >= 4 is 15.9 Å². The highest BCUT2D eigenvalue weighted by molar-refractivity contribution is 9.10. The second-order valence-corrected chi connectivity index (χ2v) is 5.73. The normalized spacial score (nSPS) is 10.7. The lowest BCUT2D eigenvalue weighted by Crippen LogP contribution is -3.00. The number of hydrogen-bond donors (Lipinski definition) is 2. The second-order valence-electron chi connectivity index (χ2n) is 4.25. The minimum absolute atomic E-state index is 0. The Morgan fingerprint density at radius 2 is 1.76 bits per heavy atom. The Hall–Kier alpha value is -0.0200. The van der Waals surface area contributed by atoms with Crippen molar-refractivity contribution in [2.24, 2.45) is 0 Å². The van der Waals surface area contributed by atoms with Gasteiger partial charge in [0.15, 0.2) is 0 Å². The van der Waals surface area contributed by atoms with Crippen molar-refractivity contribution in [3.05, 3.63) is 22.8 Å². The van der Waals surface area contributed by atoms with E-state index in [0.717, 1.165) is 11.0 Å². The number of halogens is 2. The molecule has 0 saturated carbocycles. The van der Waals surface area contributed by atoms with Crippen LogP contribution < -0.4 is 17.0 Å². The van der Waals surface area contributed by atoms with Crippen LogP contribution in [0.2, 0.25) is 0 Å². The third-order valence-electron chi connectivity index (χ3n) is 1.49. The number of alkyl halides is 1. The molecule has 8 heteroatoms. The third-order valence-corrected chi connectivity index (χ3v) is 2.28. The molecule has 0 bridgehead atoms. The first kappa shape index (κ1) is 22.2. The van der Waals surface area contributed by atoms with Crippen molar-refractivity contribution in [1.82, 2.24) is 0 Å². The maximum Gasteiger partial charge on any atom is 0.319 e. The first-order valence-electron chi connectivity index (χ1n) is 4.59. The van der Waals surface area contributed by atoms with E-state index in [1.807, 2.05) is 6.08 Å². The molecule has 0 radical (unpaired) electrons. The van der Waals surface area contributed by atoms with Gasteiger partial charge in [0.25, 0.3) is 0 Å². The average molecular weight is 380 g/mol. The van der Waals surface area contributed by atoms with Crippen molar-refractivity contribution < 1.29 is 36.6 Å². The molecule has 0 aromatic rings. The van der Waals surface area contributed by atoms with Gasteiger partial charge in [-0.05, 0) is 6.08 Å². The summed E-state index contributed by atoms with van der Waals surface area (Å²) in [6.45, 7) is 3.22. The van der Waals surface area contributed by atoms with Gasteiger partial charge < -0.3 is 31.7 Å². The topological polar surface area (TPSA) is 83.6 Å². The number of aliphatic hydroxyl groups excluding tert-OH is 2. The van der Waals surface area contributed by atoms with Crippen LogP contribution in [0.15, 0.2) is 12.7 Å². The molecule has 0 atom stereocenters. The first-order chi connectivity index (χ1) is 7.13. The van der Waals surface area contributed by atoms with Crippen LogP contribution in [0.25, 0.3) is 0 Å². The number of likely N-dealkylation sites (N-methyl/N-ethyl adjacent to an activating group) is 1. The van der Waals surface area contributed by atoms with Gasteiger partial charge in [-0.2, -0.15) is 0 Å². The Kier molecular flexibility index (Phi) is 13.0. The molecule has 0 aliphatic heterocycles. The molecule has 0 fully saturated rings. The number of quaternary nitrogens is 1. The van der Waals surface area contributed by atoms with Gasteiger partial charge in [-0.1, -0.05) is 6.58 Å². The van der Waals surface area contributed by atoms with Gasteiger partial charge in [0.2, 0.25) is 0 Å². The zero-order valence-electron chi connectivity index (χ0n) is 10.3. The molecule has 17 heavy (non-hydrogen) atoms. The molecule has 0 aliphatic carbocycles. The number of nitro groups is 1. The van der Waals surface area contributed by atoms with E-state index in [4.69, 9.17) is 10.2 Å². The summed E-state index contributed by atoms with van der Waals surface area (Å²) in [5.41, 5.74) is 0. The summed E-state index contributed by atoms with van der Waals surface area (Å²) >= 11 is 2.55. The van der Waals surface area contributed by atoms with Crippen LogP contribution in [-0.4, -0.2) is 65.0 Å². The summed E-state index contributed by atoms with van der Waals surface area (Å²) in [7, 11) is 6.42. The highest BCUT2D eigenvalue weighted by Crippen LogP contribution is 2.15. The van der Waals surface area contributed by atoms with Crippen LogP contribution in [0, 0.1) is 10.1 Å². The molecule has 6 nitrogen and oxygen atoms in total. The summed E-state index contributed by atoms with van der Waals surface area (Å²) < 4.78 is -0.795. The highest BCUT2D eigenvalue weighted by Gasteiger charge is 2.38. The van der Waals surface area contributed by atoms with Gasteiger partial charge in [-0.25, -0.2) is 0 Å². The second kappa shape index (κ2) is 9.95. The first-order valence-corrected chi connectivity index (χ1v) is 5.38.